The number of aliphatic carboxylic acids is 1. The highest BCUT2D eigenvalue weighted by Gasteiger charge is 2.31. The van der Waals surface area contributed by atoms with E-state index < -0.39 is 5.97 Å². The summed E-state index contributed by atoms with van der Waals surface area (Å²) >= 11 is 0. The smallest absolute Gasteiger partial charge is 0.320 e. The third kappa shape index (κ3) is 4.30. The molecule has 2 atom stereocenters. The second-order valence-electron chi connectivity index (χ2n) is 6.12. The number of carbonyl (C=O) groups is 1. The first kappa shape index (κ1) is 15.0. The fraction of sp³-hybridized carbons (Fsp3) is 0.857. The van der Waals surface area contributed by atoms with Crippen molar-refractivity contribution in [1.82, 2.24) is 4.90 Å². The van der Waals surface area contributed by atoms with E-state index in [0.717, 1.165) is 38.8 Å². The minimum atomic E-state index is -0.707. The van der Waals surface area contributed by atoms with Gasteiger partial charge in [-0.2, -0.15) is 5.26 Å². The van der Waals surface area contributed by atoms with Gasteiger partial charge in [0.15, 0.2) is 0 Å². The van der Waals surface area contributed by atoms with Crippen molar-refractivity contribution in [3.05, 3.63) is 0 Å². The van der Waals surface area contributed by atoms with Gasteiger partial charge in [0, 0.05) is 0 Å². The number of rotatable bonds is 5. The maximum Gasteiger partial charge on any atom is 0.320 e. The molecule has 0 aromatic carbocycles. The number of carboxylic acids is 1. The van der Waals surface area contributed by atoms with Crippen LogP contribution < -0.4 is 0 Å². The van der Waals surface area contributed by atoms with Gasteiger partial charge < -0.3 is 5.11 Å². The molecule has 0 saturated carbocycles. The average molecular weight is 252 g/mol. The van der Waals surface area contributed by atoms with Crippen molar-refractivity contribution in [1.29, 1.82) is 5.26 Å². The van der Waals surface area contributed by atoms with Crippen LogP contribution in [0.5, 0.6) is 0 Å². The Balaban J connectivity index is 2.45. The van der Waals surface area contributed by atoms with Crippen molar-refractivity contribution in [2.45, 2.75) is 52.5 Å². The SMILES string of the molecule is CC1CCN(CCCC(C)(C)C#N)C(C(=O)O)C1. The number of hydrogen-bond donors (Lipinski definition) is 1. The zero-order valence-electron chi connectivity index (χ0n) is 11.6. The van der Waals surface area contributed by atoms with E-state index in [0.29, 0.717) is 5.92 Å². The third-order valence-corrected chi connectivity index (χ3v) is 3.81. The number of nitriles is 1. The van der Waals surface area contributed by atoms with Crippen LogP contribution >= 0.6 is 0 Å². The molecule has 0 spiro atoms. The molecule has 0 aliphatic carbocycles. The Bertz CT molecular complexity index is 333. The van der Waals surface area contributed by atoms with Crippen molar-refractivity contribution in [2.75, 3.05) is 13.1 Å². The Morgan fingerprint density at radius 1 is 1.56 bits per heavy atom. The van der Waals surface area contributed by atoms with E-state index in [9.17, 15) is 9.90 Å². The molecule has 0 aromatic heterocycles. The molecule has 1 saturated heterocycles. The molecule has 1 N–H and O–H groups in total. The van der Waals surface area contributed by atoms with E-state index in [1.54, 1.807) is 0 Å². The summed E-state index contributed by atoms with van der Waals surface area (Å²) in [6, 6.07) is 1.95. The summed E-state index contributed by atoms with van der Waals surface area (Å²) in [6.45, 7) is 7.63. The lowest BCUT2D eigenvalue weighted by molar-refractivity contribution is -0.145. The van der Waals surface area contributed by atoms with Crippen LogP contribution in [0.3, 0.4) is 0 Å². The monoisotopic (exact) mass is 252 g/mol. The van der Waals surface area contributed by atoms with Crippen LogP contribution in [0.25, 0.3) is 0 Å². The molecule has 1 aliphatic rings. The highest BCUT2D eigenvalue weighted by atomic mass is 16.4. The van der Waals surface area contributed by atoms with E-state index in [1.807, 2.05) is 13.8 Å². The average Bonchev–Trinajstić information content (AvgIpc) is 2.30. The molecule has 0 aromatic rings. The molecule has 0 bridgehead atoms. The van der Waals surface area contributed by atoms with Crippen LogP contribution in [0.4, 0.5) is 0 Å². The Kier molecular flexibility index (Phi) is 5.15. The molecule has 1 heterocycles. The molecule has 1 fully saturated rings. The van der Waals surface area contributed by atoms with Crippen molar-refractivity contribution in [2.24, 2.45) is 11.3 Å². The number of hydrogen-bond acceptors (Lipinski definition) is 3. The van der Waals surface area contributed by atoms with Crippen LogP contribution in [0, 0.1) is 22.7 Å². The highest BCUT2D eigenvalue weighted by Crippen LogP contribution is 2.25. The maximum atomic E-state index is 11.2. The van der Waals surface area contributed by atoms with Crippen LogP contribution in [-0.2, 0) is 4.79 Å². The molecular formula is C14H24N2O2. The summed E-state index contributed by atoms with van der Waals surface area (Å²) in [5.74, 6) is -0.209. The summed E-state index contributed by atoms with van der Waals surface area (Å²) in [4.78, 5) is 13.3. The van der Waals surface area contributed by atoms with Crippen molar-refractivity contribution in [3.8, 4) is 6.07 Å². The predicted octanol–water partition coefficient (Wildman–Crippen LogP) is 2.50. The van der Waals surface area contributed by atoms with Crippen molar-refractivity contribution in [3.63, 3.8) is 0 Å². The zero-order valence-corrected chi connectivity index (χ0v) is 11.6. The van der Waals surface area contributed by atoms with Gasteiger partial charge in [-0.15, -0.1) is 0 Å². The van der Waals surface area contributed by atoms with Crippen molar-refractivity contribution < 1.29 is 9.90 Å². The number of likely N-dealkylation sites (tertiary alicyclic amines) is 1. The van der Waals surface area contributed by atoms with E-state index in [1.165, 1.54) is 0 Å². The van der Waals surface area contributed by atoms with Gasteiger partial charge in [0.2, 0.25) is 0 Å². The Morgan fingerprint density at radius 2 is 2.22 bits per heavy atom. The van der Waals surface area contributed by atoms with Gasteiger partial charge >= 0.3 is 5.97 Å². The first-order valence-corrected chi connectivity index (χ1v) is 6.74. The van der Waals surface area contributed by atoms with Gasteiger partial charge in [0.1, 0.15) is 6.04 Å². The summed E-state index contributed by atoms with van der Waals surface area (Å²) in [5, 5.41) is 18.2. The second kappa shape index (κ2) is 6.19. The van der Waals surface area contributed by atoms with E-state index in [4.69, 9.17) is 5.26 Å². The minimum absolute atomic E-state index is 0.304. The van der Waals surface area contributed by atoms with E-state index >= 15 is 0 Å². The van der Waals surface area contributed by atoms with E-state index in [-0.39, 0.29) is 11.5 Å². The highest BCUT2D eigenvalue weighted by molar-refractivity contribution is 5.73. The standard InChI is InChI=1S/C14H24N2O2/c1-11-5-8-16(12(9-11)13(17)18)7-4-6-14(2,3)10-15/h11-12H,4-9H2,1-3H3,(H,17,18). The molecule has 0 amide bonds. The lowest BCUT2D eigenvalue weighted by Crippen LogP contribution is -2.47. The fourth-order valence-corrected chi connectivity index (χ4v) is 2.49. The van der Waals surface area contributed by atoms with Gasteiger partial charge in [-0.1, -0.05) is 6.92 Å². The van der Waals surface area contributed by atoms with E-state index in [2.05, 4.69) is 17.9 Å². The number of piperidine rings is 1. The maximum absolute atomic E-state index is 11.2. The predicted molar refractivity (Wildman–Crippen MR) is 70.0 cm³/mol. The van der Waals surface area contributed by atoms with Crippen molar-refractivity contribution >= 4 is 5.97 Å². The lowest BCUT2D eigenvalue weighted by Gasteiger charge is -2.36. The quantitative estimate of drug-likeness (QED) is 0.816. The van der Waals surface area contributed by atoms with Crippen LogP contribution in [-0.4, -0.2) is 35.1 Å². The molecule has 102 valence electrons. The third-order valence-electron chi connectivity index (χ3n) is 3.81. The molecule has 18 heavy (non-hydrogen) atoms. The Hall–Kier alpha value is -1.08. The van der Waals surface area contributed by atoms with Crippen LogP contribution in [0.15, 0.2) is 0 Å². The Morgan fingerprint density at radius 3 is 2.78 bits per heavy atom. The molecule has 4 nitrogen and oxygen atoms in total. The molecule has 2 unspecified atom stereocenters. The largest absolute Gasteiger partial charge is 0.480 e. The van der Waals surface area contributed by atoms with Crippen LogP contribution in [0.2, 0.25) is 0 Å². The molecule has 0 radical (unpaired) electrons. The summed E-state index contributed by atoms with van der Waals surface area (Å²) < 4.78 is 0. The van der Waals surface area contributed by atoms with Gasteiger partial charge in [-0.25, -0.2) is 0 Å². The minimum Gasteiger partial charge on any atom is -0.480 e. The van der Waals surface area contributed by atoms with Gasteiger partial charge in [0.05, 0.1) is 11.5 Å². The molecule has 1 aliphatic heterocycles. The lowest BCUT2D eigenvalue weighted by atomic mass is 9.88. The second-order valence-corrected chi connectivity index (χ2v) is 6.12. The topological polar surface area (TPSA) is 64.3 Å². The van der Waals surface area contributed by atoms with Gasteiger partial charge in [-0.05, 0) is 58.5 Å². The molecule has 4 heteroatoms. The first-order valence-electron chi connectivity index (χ1n) is 6.74. The fourth-order valence-electron chi connectivity index (χ4n) is 2.49. The zero-order chi connectivity index (χ0) is 13.8. The number of carboxylic acid groups (broad SMARTS) is 1. The Labute approximate surface area is 110 Å². The first-order chi connectivity index (χ1) is 8.35. The van der Waals surface area contributed by atoms with Gasteiger partial charge in [0.25, 0.3) is 0 Å². The van der Waals surface area contributed by atoms with Crippen LogP contribution in [0.1, 0.15) is 46.5 Å². The van der Waals surface area contributed by atoms with Gasteiger partial charge in [-0.3, -0.25) is 9.69 Å². The molecular weight excluding hydrogens is 228 g/mol. The summed E-state index contributed by atoms with van der Waals surface area (Å²) in [7, 11) is 0. The number of nitrogens with zero attached hydrogens (tertiary/aromatic N) is 2. The summed E-state index contributed by atoms with van der Waals surface area (Å²) in [5.41, 5.74) is -0.304. The normalized spacial score (nSPS) is 25.7. The molecule has 1 rings (SSSR count). The summed E-state index contributed by atoms with van der Waals surface area (Å²) in [6.07, 6.45) is 3.53.